The number of rotatable bonds is 1. The van der Waals surface area contributed by atoms with Crippen LogP contribution in [0, 0.1) is 5.82 Å². The van der Waals surface area contributed by atoms with Crippen LogP contribution >= 0.6 is 11.6 Å². The molecular weight excluding hydrogens is 209 g/mol. The van der Waals surface area contributed by atoms with Gasteiger partial charge < -0.3 is 0 Å². The number of aromatic nitrogens is 3. The van der Waals surface area contributed by atoms with Gasteiger partial charge in [0.1, 0.15) is 12.1 Å². The summed E-state index contributed by atoms with van der Waals surface area (Å²) in [5.41, 5.74) is 0.0234. The van der Waals surface area contributed by atoms with Gasteiger partial charge in [-0.1, -0.05) is 11.6 Å². The molecule has 0 aliphatic carbocycles. The lowest BCUT2D eigenvalue weighted by molar-refractivity contribution is 0.627. The molecule has 0 unspecified atom stereocenters. The molecule has 0 spiro atoms. The Morgan fingerprint density at radius 1 is 1.50 bits per heavy atom. The summed E-state index contributed by atoms with van der Waals surface area (Å²) in [6.07, 6.45) is 1.25. The van der Waals surface area contributed by atoms with Gasteiger partial charge in [-0.15, -0.1) is 0 Å². The SMILES string of the molecule is O=c1[nH]cnn1-c1ccc(F)c(Cl)c1. The van der Waals surface area contributed by atoms with E-state index in [0.29, 0.717) is 5.69 Å². The quantitative estimate of drug-likeness (QED) is 0.778. The van der Waals surface area contributed by atoms with Gasteiger partial charge in [0.25, 0.3) is 0 Å². The summed E-state index contributed by atoms with van der Waals surface area (Å²) < 4.78 is 13.9. The molecule has 0 fully saturated rings. The standard InChI is InChI=1S/C8H5ClFN3O/c9-6-3-5(1-2-7(6)10)13-8(14)11-4-12-13/h1-4H,(H,11,12,14). The van der Waals surface area contributed by atoms with Crippen molar-refractivity contribution in [1.29, 1.82) is 0 Å². The van der Waals surface area contributed by atoms with E-state index in [1.54, 1.807) is 0 Å². The number of halogens is 2. The lowest BCUT2D eigenvalue weighted by Gasteiger charge is -1.99. The van der Waals surface area contributed by atoms with E-state index in [0.717, 1.165) is 4.68 Å². The van der Waals surface area contributed by atoms with Gasteiger partial charge in [-0.25, -0.2) is 9.18 Å². The van der Waals surface area contributed by atoms with Crippen molar-refractivity contribution in [3.63, 3.8) is 0 Å². The summed E-state index contributed by atoms with van der Waals surface area (Å²) in [6, 6.07) is 3.93. The Hall–Kier alpha value is -1.62. The second kappa shape index (κ2) is 3.26. The van der Waals surface area contributed by atoms with Crippen LogP contribution in [0.3, 0.4) is 0 Å². The molecule has 1 N–H and O–H groups in total. The molecule has 1 aromatic heterocycles. The number of benzene rings is 1. The zero-order chi connectivity index (χ0) is 10.1. The van der Waals surface area contributed by atoms with Crippen LogP contribution in [0.5, 0.6) is 0 Å². The van der Waals surface area contributed by atoms with Crippen molar-refractivity contribution >= 4 is 11.6 Å². The fourth-order valence-corrected chi connectivity index (χ4v) is 1.23. The average Bonchev–Trinajstić information content (AvgIpc) is 2.57. The highest BCUT2D eigenvalue weighted by Crippen LogP contribution is 2.17. The Morgan fingerprint density at radius 3 is 2.86 bits per heavy atom. The first-order valence-electron chi connectivity index (χ1n) is 3.76. The molecular formula is C8H5ClFN3O. The molecule has 1 aromatic carbocycles. The number of aromatic amines is 1. The van der Waals surface area contributed by atoms with Gasteiger partial charge in [0.15, 0.2) is 0 Å². The molecule has 0 aliphatic rings. The highest BCUT2D eigenvalue weighted by molar-refractivity contribution is 6.30. The van der Waals surface area contributed by atoms with Gasteiger partial charge in [0.05, 0.1) is 10.7 Å². The number of H-pyrrole nitrogens is 1. The molecule has 0 bridgehead atoms. The fourth-order valence-electron chi connectivity index (χ4n) is 1.06. The van der Waals surface area contributed by atoms with Crippen LogP contribution < -0.4 is 5.69 Å². The summed E-state index contributed by atoms with van der Waals surface area (Å²) >= 11 is 5.55. The minimum absolute atomic E-state index is 0.0441. The largest absolute Gasteiger partial charge is 0.347 e. The van der Waals surface area contributed by atoms with Crippen molar-refractivity contribution in [3.8, 4) is 5.69 Å². The number of hydrogen-bond acceptors (Lipinski definition) is 2. The molecule has 4 nitrogen and oxygen atoms in total. The molecule has 0 aliphatic heterocycles. The number of nitrogens with one attached hydrogen (secondary N) is 1. The van der Waals surface area contributed by atoms with Gasteiger partial charge >= 0.3 is 5.69 Å². The smallest absolute Gasteiger partial charge is 0.295 e. The molecule has 6 heteroatoms. The number of nitrogens with zero attached hydrogens (tertiary/aromatic N) is 2. The van der Waals surface area contributed by atoms with Gasteiger partial charge in [-0.3, -0.25) is 4.98 Å². The number of hydrogen-bond donors (Lipinski definition) is 1. The first-order chi connectivity index (χ1) is 6.68. The fraction of sp³-hybridized carbons (Fsp3) is 0. The van der Waals surface area contributed by atoms with E-state index in [9.17, 15) is 9.18 Å². The first-order valence-corrected chi connectivity index (χ1v) is 4.14. The van der Waals surface area contributed by atoms with E-state index in [2.05, 4.69) is 10.1 Å². The second-order valence-electron chi connectivity index (χ2n) is 2.60. The third kappa shape index (κ3) is 1.42. The van der Waals surface area contributed by atoms with E-state index >= 15 is 0 Å². The van der Waals surface area contributed by atoms with Crippen molar-refractivity contribution in [2.24, 2.45) is 0 Å². The predicted molar refractivity (Wildman–Crippen MR) is 49.2 cm³/mol. The van der Waals surface area contributed by atoms with E-state index in [-0.39, 0.29) is 5.02 Å². The van der Waals surface area contributed by atoms with Crippen molar-refractivity contribution in [2.45, 2.75) is 0 Å². The highest BCUT2D eigenvalue weighted by atomic mass is 35.5. The molecule has 0 radical (unpaired) electrons. The van der Waals surface area contributed by atoms with E-state index in [4.69, 9.17) is 11.6 Å². The molecule has 2 rings (SSSR count). The highest BCUT2D eigenvalue weighted by Gasteiger charge is 2.04. The van der Waals surface area contributed by atoms with Crippen molar-refractivity contribution in [3.05, 3.63) is 45.9 Å². The van der Waals surface area contributed by atoms with Crippen molar-refractivity contribution < 1.29 is 4.39 Å². The summed E-state index contributed by atoms with van der Waals surface area (Å²) in [5, 5.41) is 3.68. The third-order valence-electron chi connectivity index (χ3n) is 1.70. The summed E-state index contributed by atoms with van der Waals surface area (Å²) in [4.78, 5) is 13.5. The van der Waals surface area contributed by atoms with E-state index in [1.165, 1.54) is 24.5 Å². The Balaban J connectivity index is 2.59. The summed E-state index contributed by atoms with van der Waals surface area (Å²) in [5.74, 6) is -0.529. The summed E-state index contributed by atoms with van der Waals surface area (Å²) in [6.45, 7) is 0. The van der Waals surface area contributed by atoms with Crippen LogP contribution in [0.4, 0.5) is 4.39 Å². The van der Waals surface area contributed by atoms with Gasteiger partial charge in [-0.2, -0.15) is 9.78 Å². The zero-order valence-electron chi connectivity index (χ0n) is 6.87. The molecule has 14 heavy (non-hydrogen) atoms. The molecule has 0 amide bonds. The molecule has 1 heterocycles. The maximum Gasteiger partial charge on any atom is 0.347 e. The Labute approximate surface area is 82.9 Å². The second-order valence-corrected chi connectivity index (χ2v) is 3.01. The van der Waals surface area contributed by atoms with Crippen LogP contribution in [0.1, 0.15) is 0 Å². The van der Waals surface area contributed by atoms with Gasteiger partial charge in [0.2, 0.25) is 0 Å². The van der Waals surface area contributed by atoms with Crippen LogP contribution in [-0.4, -0.2) is 14.8 Å². The lowest BCUT2D eigenvalue weighted by Crippen LogP contribution is -2.15. The Morgan fingerprint density at radius 2 is 2.29 bits per heavy atom. The van der Waals surface area contributed by atoms with E-state index in [1.807, 2.05) is 0 Å². The topological polar surface area (TPSA) is 50.7 Å². The van der Waals surface area contributed by atoms with Gasteiger partial charge in [0, 0.05) is 0 Å². The molecule has 0 saturated carbocycles. The molecule has 0 saturated heterocycles. The van der Waals surface area contributed by atoms with Crippen molar-refractivity contribution in [2.75, 3.05) is 0 Å². The zero-order valence-corrected chi connectivity index (χ0v) is 7.62. The monoisotopic (exact) mass is 213 g/mol. The van der Waals surface area contributed by atoms with Crippen LogP contribution in [0.2, 0.25) is 5.02 Å². The maximum absolute atomic E-state index is 12.8. The molecule has 0 atom stereocenters. The Bertz CT molecular complexity index is 519. The van der Waals surface area contributed by atoms with Crippen molar-refractivity contribution in [1.82, 2.24) is 14.8 Å². The van der Waals surface area contributed by atoms with Gasteiger partial charge in [-0.05, 0) is 18.2 Å². The first kappa shape index (κ1) is 8.96. The maximum atomic E-state index is 12.8. The lowest BCUT2D eigenvalue weighted by atomic mass is 10.3. The van der Waals surface area contributed by atoms with Crippen LogP contribution in [-0.2, 0) is 0 Å². The van der Waals surface area contributed by atoms with Crippen LogP contribution in [0.15, 0.2) is 29.3 Å². The Kier molecular flexibility index (Phi) is 2.09. The third-order valence-corrected chi connectivity index (χ3v) is 1.99. The van der Waals surface area contributed by atoms with E-state index < -0.39 is 11.5 Å². The predicted octanol–water partition coefficient (Wildman–Crippen LogP) is 1.35. The summed E-state index contributed by atoms with van der Waals surface area (Å²) in [7, 11) is 0. The van der Waals surface area contributed by atoms with Crippen LogP contribution in [0.25, 0.3) is 5.69 Å². The molecule has 2 aromatic rings. The average molecular weight is 214 g/mol. The molecule has 72 valence electrons. The normalized spacial score (nSPS) is 10.4. The minimum Gasteiger partial charge on any atom is -0.295 e. The minimum atomic E-state index is -0.529.